The Morgan fingerprint density at radius 3 is 2.56 bits per heavy atom. The van der Waals surface area contributed by atoms with Gasteiger partial charge in [-0.15, -0.1) is 0 Å². The van der Waals surface area contributed by atoms with Crippen molar-refractivity contribution in [2.75, 3.05) is 6.54 Å². The first-order valence-electron chi connectivity index (χ1n) is 6.10. The molecule has 0 amide bonds. The summed E-state index contributed by atoms with van der Waals surface area (Å²) in [6.45, 7) is 4.53. The second kappa shape index (κ2) is 4.96. The third-order valence-corrected chi connectivity index (χ3v) is 2.88. The van der Waals surface area contributed by atoms with Gasteiger partial charge in [-0.25, -0.2) is 0 Å². The SMILES string of the molecule is CC(C)(O)CNCc1c(O)ccc2ccccc12. The fourth-order valence-electron chi connectivity index (χ4n) is 2.00. The number of hydrogen-bond donors (Lipinski definition) is 3. The fourth-order valence-corrected chi connectivity index (χ4v) is 2.00. The van der Waals surface area contributed by atoms with Crippen molar-refractivity contribution >= 4 is 10.8 Å². The van der Waals surface area contributed by atoms with E-state index in [0.29, 0.717) is 13.1 Å². The number of aliphatic hydroxyl groups is 1. The fraction of sp³-hybridized carbons (Fsp3) is 0.333. The lowest BCUT2D eigenvalue weighted by molar-refractivity contribution is 0.0794. The minimum absolute atomic E-state index is 0.289. The van der Waals surface area contributed by atoms with Gasteiger partial charge in [0.15, 0.2) is 0 Å². The van der Waals surface area contributed by atoms with Crippen LogP contribution in [0.2, 0.25) is 0 Å². The maximum atomic E-state index is 9.94. The minimum Gasteiger partial charge on any atom is -0.508 e. The molecule has 2 aromatic carbocycles. The van der Waals surface area contributed by atoms with Crippen LogP contribution in [0.1, 0.15) is 19.4 Å². The van der Waals surface area contributed by atoms with Gasteiger partial charge < -0.3 is 15.5 Å². The molecule has 2 aromatic rings. The Morgan fingerprint density at radius 1 is 1.11 bits per heavy atom. The molecule has 0 saturated heterocycles. The molecule has 3 nitrogen and oxygen atoms in total. The van der Waals surface area contributed by atoms with Crippen molar-refractivity contribution < 1.29 is 10.2 Å². The van der Waals surface area contributed by atoms with Gasteiger partial charge in [0.2, 0.25) is 0 Å². The average Bonchev–Trinajstić information content (AvgIpc) is 2.31. The first-order chi connectivity index (χ1) is 8.47. The summed E-state index contributed by atoms with van der Waals surface area (Å²) in [4.78, 5) is 0. The van der Waals surface area contributed by atoms with Crippen LogP contribution in [0.5, 0.6) is 5.75 Å². The number of fused-ring (bicyclic) bond motifs is 1. The quantitative estimate of drug-likeness (QED) is 0.775. The third kappa shape index (κ3) is 3.00. The molecule has 0 aromatic heterocycles. The normalized spacial score (nSPS) is 11.9. The van der Waals surface area contributed by atoms with Crippen molar-refractivity contribution in [2.45, 2.75) is 26.0 Å². The molecular formula is C15H19NO2. The Morgan fingerprint density at radius 2 is 1.83 bits per heavy atom. The number of aromatic hydroxyl groups is 1. The van der Waals surface area contributed by atoms with Crippen molar-refractivity contribution in [1.82, 2.24) is 5.32 Å². The van der Waals surface area contributed by atoms with Crippen molar-refractivity contribution in [3.05, 3.63) is 42.0 Å². The molecule has 0 fully saturated rings. The van der Waals surface area contributed by atoms with Crippen LogP contribution < -0.4 is 5.32 Å². The predicted octanol–water partition coefficient (Wildman–Crippen LogP) is 2.41. The van der Waals surface area contributed by atoms with Gasteiger partial charge in [0, 0.05) is 18.7 Å². The van der Waals surface area contributed by atoms with Gasteiger partial charge in [-0.05, 0) is 30.7 Å². The summed E-state index contributed by atoms with van der Waals surface area (Å²) in [6.07, 6.45) is 0. The molecule has 0 bridgehead atoms. The van der Waals surface area contributed by atoms with Crippen molar-refractivity contribution in [3.8, 4) is 5.75 Å². The third-order valence-electron chi connectivity index (χ3n) is 2.88. The summed E-state index contributed by atoms with van der Waals surface area (Å²) in [5, 5.41) is 24.9. The van der Waals surface area contributed by atoms with Crippen molar-refractivity contribution in [2.24, 2.45) is 0 Å². The largest absolute Gasteiger partial charge is 0.508 e. The first kappa shape index (κ1) is 12.9. The number of rotatable bonds is 4. The Balaban J connectivity index is 2.24. The van der Waals surface area contributed by atoms with E-state index in [2.05, 4.69) is 5.32 Å². The molecule has 0 heterocycles. The van der Waals surface area contributed by atoms with Gasteiger partial charge in [0.1, 0.15) is 5.75 Å². The summed E-state index contributed by atoms with van der Waals surface area (Å²) in [7, 11) is 0. The zero-order valence-corrected chi connectivity index (χ0v) is 10.8. The van der Waals surface area contributed by atoms with Crippen LogP contribution in [0, 0.1) is 0 Å². The monoisotopic (exact) mass is 245 g/mol. The van der Waals surface area contributed by atoms with E-state index in [0.717, 1.165) is 16.3 Å². The molecule has 18 heavy (non-hydrogen) atoms. The summed E-state index contributed by atoms with van der Waals surface area (Å²) in [5.74, 6) is 0.289. The highest BCUT2D eigenvalue weighted by Crippen LogP contribution is 2.26. The lowest BCUT2D eigenvalue weighted by Crippen LogP contribution is -2.34. The van der Waals surface area contributed by atoms with Crippen molar-refractivity contribution in [3.63, 3.8) is 0 Å². The topological polar surface area (TPSA) is 52.5 Å². The smallest absolute Gasteiger partial charge is 0.120 e. The number of benzene rings is 2. The maximum Gasteiger partial charge on any atom is 0.120 e. The molecule has 0 unspecified atom stereocenters. The first-order valence-corrected chi connectivity index (χ1v) is 6.10. The van der Waals surface area contributed by atoms with Crippen LogP contribution in [-0.4, -0.2) is 22.4 Å². The van der Waals surface area contributed by atoms with Crippen LogP contribution in [0.3, 0.4) is 0 Å². The predicted molar refractivity (Wildman–Crippen MR) is 73.6 cm³/mol. The Labute approximate surface area is 107 Å². The van der Waals surface area contributed by atoms with Crippen LogP contribution in [0.4, 0.5) is 0 Å². The van der Waals surface area contributed by atoms with E-state index in [1.54, 1.807) is 19.9 Å². The molecule has 96 valence electrons. The zero-order chi connectivity index (χ0) is 13.2. The summed E-state index contributed by atoms with van der Waals surface area (Å²) in [5.41, 5.74) is 0.123. The van der Waals surface area contributed by atoms with E-state index in [1.807, 2.05) is 30.3 Å². The molecule has 0 aliphatic heterocycles. The molecule has 3 N–H and O–H groups in total. The Kier molecular flexibility index (Phi) is 3.55. The molecule has 0 saturated carbocycles. The molecule has 0 radical (unpaired) electrons. The molecular weight excluding hydrogens is 226 g/mol. The standard InChI is InChI=1S/C15H19NO2/c1-15(2,18)10-16-9-13-12-6-4-3-5-11(12)7-8-14(13)17/h3-8,16-18H,9-10H2,1-2H3. The number of phenolic OH excluding ortho intramolecular Hbond substituents is 1. The molecule has 0 spiro atoms. The molecule has 0 aliphatic carbocycles. The van der Waals surface area contributed by atoms with E-state index >= 15 is 0 Å². The van der Waals surface area contributed by atoms with E-state index in [9.17, 15) is 10.2 Å². The van der Waals surface area contributed by atoms with Gasteiger partial charge in [-0.2, -0.15) is 0 Å². The molecule has 2 rings (SSSR count). The van der Waals surface area contributed by atoms with Crippen LogP contribution >= 0.6 is 0 Å². The van der Waals surface area contributed by atoms with Crippen LogP contribution in [0.15, 0.2) is 36.4 Å². The van der Waals surface area contributed by atoms with E-state index < -0.39 is 5.60 Å². The lowest BCUT2D eigenvalue weighted by Gasteiger charge is -2.18. The summed E-state index contributed by atoms with van der Waals surface area (Å²) < 4.78 is 0. The highest BCUT2D eigenvalue weighted by molar-refractivity contribution is 5.87. The Bertz CT molecular complexity index is 544. The van der Waals surface area contributed by atoms with Gasteiger partial charge in [0.25, 0.3) is 0 Å². The highest BCUT2D eigenvalue weighted by Gasteiger charge is 2.12. The van der Waals surface area contributed by atoms with E-state index in [4.69, 9.17) is 0 Å². The molecule has 3 heteroatoms. The lowest BCUT2D eigenvalue weighted by atomic mass is 10.0. The molecule has 0 aliphatic rings. The summed E-state index contributed by atoms with van der Waals surface area (Å²) in [6, 6.07) is 11.6. The van der Waals surface area contributed by atoms with Gasteiger partial charge in [0.05, 0.1) is 5.60 Å². The number of hydrogen-bond acceptors (Lipinski definition) is 3. The summed E-state index contributed by atoms with van der Waals surface area (Å²) >= 11 is 0. The second-order valence-electron chi connectivity index (χ2n) is 5.20. The second-order valence-corrected chi connectivity index (χ2v) is 5.20. The van der Waals surface area contributed by atoms with Crippen LogP contribution in [-0.2, 0) is 6.54 Å². The van der Waals surface area contributed by atoms with Crippen LogP contribution in [0.25, 0.3) is 10.8 Å². The average molecular weight is 245 g/mol. The van der Waals surface area contributed by atoms with Gasteiger partial charge in [-0.3, -0.25) is 0 Å². The number of nitrogens with one attached hydrogen (secondary N) is 1. The van der Waals surface area contributed by atoms with Crippen molar-refractivity contribution in [1.29, 1.82) is 0 Å². The minimum atomic E-state index is -0.750. The zero-order valence-electron chi connectivity index (χ0n) is 10.8. The maximum absolute atomic E-state index is 9.94. The number of phenols is 1. The van der Waals surface area contributed by atoms with Gasteiger partial charge >= 0.3 is 0 Å². The molecule has 0 atom stereocenters. The van der Waals surface area contributed by atoms with Gasteiger partial charge in [-0.1, -0.05) is 30.3 Å². The van der Waals surface area contributed by atoms with E-state index in [1.165, 1.54) is 0 Å². The Hall–Kier alpha value is -1.58. The highest BCUT2D eigenvalue weighted by atomic mass is 16.3. The van der Waals surface area contributed by atoms with E-state index in [-0.39, 0.29) is 5.75 Å².